The van der Waals surface area contributed by atoms with Gasteiger partial charge in [0.1, 0.15) is 18.0 Å². The highest BCUT2D eigenvalue weighted by molar-refractivity contribution is 7.92. The van der Waals surface area contributed by atoms with E-state index >= 15 is 0 Å². The molecule has 172 valence electrons. The number of ether oxygens (including phenoxy) is 2. The van der Waals surface area contributed by atoms with Crippen LogP contribution in [0.2, 0.25) is 0 Å². The maximum Gasteiger partial charge on any atom is 0.264 e. The van der Waals surface area contributed by atoms with Gasteiger partial charge in [0.25, 0.3) is 10.0 Å². The predicted octanol–water partition coefficient (Wildman–Crippen LogP) is 4.03. The summed E-state index contributed by atoms with van der Waals surface area (Å²) in [6.07, 6.45) is 3.15. The number of sulfonamides is 1. The highest BCUT2D eigenvalue weighted by Gasteiger charge is 2.27. The van der Waals surface area contributed by atoms with Crippen LogP contribution in [0.3, 0.4) is 0 Å². The molecule has 1 N–H and O–H groups in total. The Hall–Kier alpha value is -3.52. The topological polar surface area (TPSA) is 84.9 Å². The molecular formula is C25H26N2O5S. The van der Waals surface area contributed by atoms with Gasteiger partial charge in [-0.1, -0.05) is 6.07 Å². The monoisotopic (exact) mass is 466 g/mol. The molecule has 4 rings (SSSR count). The Balaban J connectivity index is 1.62. The van der Waals surface area contributed by atoms with Crippen molar-refractivity contribution in [2.45, 2.75) is 24.2 Å². The molecular weight excluding hydrogens is 440 g/mol. The minimum atomic E-state index is -4.02. The fourth-order valence-electron chi connectivity index (χ4n) is 3.92. The van der Waals surface area contributed by atoms with Crippen molar-refractivity contribution in [1.82, 2.24) is 0 Å². The van der Waals surface area contributed by atoms with Gasteiger partial charge in [-0.2, -0.15) is 0 Å². The molecule has 0 saturated heterocycles. The van der Waals surface area contributed by atoms with Gasteiger partial charge in [-0.15, -0.1) is 0 Å². The van der Waals surface area contributed by atoms with Crippen LogP contribution in [0.4, 0.5) is 11.4 Å². The Bertz CT molecular complexity index is 1240. The van der Waals surface area contributed by atoms with Gasteiger partial charge in [0.05, 0.1) is 24.8 Å². The Kier molecular flexibility index (Phi) is 6.55. The molecule has 0 aliphatic heterocycles. The third-order valence-electron chi connectivity index (χ3n) is 5.68. The van der Waals surface area contributed by atoms with Gasteiger partial charge in [0.15, 0.2) is 0 Å². The van der Waals surface area contributed by atoms with E-state index in [0.717, 1.165) is 23.6 Å². The largest absolute Gasteiger partial charge is 0.497 e. The summed E-state index contributed by atoms with van der Waals surface area (Å²) >= 11 is 0. The molecule has 0 saturated carbocycles. The molecule has 0 aromatic heterocycles. The zero-order chi connectivity index (χ0) is 23.4. The second-order valence-electron chi connectivity index (χ2n) is 7.77. The van der Waals surface area contributed by atoms with Crippen LogP contribution in [0, 0.1) is 0 Å². The predicted molar refractivity (Wildman–Crippen MR) is 128 cm³/mol. The number of anilines is 2. The molecule has 1 amide bonds. The highest BCUT2D eigenvalue weighted by atomic mass is 32.2. The van der Waals surface area contributed by atoms with Crippen molar-refractivity contribution in [3.8, 4) is 11.5 Å². The summed E-state index contributed by atoms with van der Waals surface area (Å²) in [6, 6.07) is 18.5. The molecule has 3 aromatic rings. The summed E-state index contributed by atoms with van der Waals surface area (Å²) in [7, 11) is -0.976. The highest BCUT2D eigenvalue weighted by Crippen LogP contribution is 2.28. The Labute approximate surface area is 194 Å². The summed E-state index contributed by atoms with van der Waals surface area (Å²) < 4.78 is 38.4. The smallest absolute Gasteiger partial charge is 0.264 e. The van der Waals surface area contributed by atoms with Crippen LogP contribution in [-0.2, 0) is 27.7 Å². The van der Waals surface area contributed by atoms with Gasteiger partial charge < -0.3 is 14.8 Å². The fraction of sp³-hybridized carbons (Fsp3) is 0.240. The van der Waals surface area contributed by atoms with Crippen molar-refractivity contribution >= 4 is 27.3 Å². The molecule has 0 spiro atoms. The minimum Gasteiger partial charge on any atom is -0.497 e. The lowest BCUT2D eigenvalue weighted by Gasteiger charge is -2.24. The fourth-order valence-corrected chi connectivity index (χ4v) is 5.34. The molecule has 0 atom stereocenters. The molecule has 1 aliphatic carbocycles. The number of fused-ring (bicyclic) bond motifs is 1. The van der Waals surface area contributed by atoms with E-state index < -0.39 is 15.9 Å². The van der Waals surface area contributed by atoms with Crippen LogP contribution in [0.5, 0.6) is 11.5 Å². The van der Waals surface area contributed by atoms with Gasteiger partial charge in [-0.3, -0.25) is 9.10 Å². The van der Waals surface area contributed by atoms with E-state index in [9.17, 15) is 13.2 Å². The Morgan fingerprint density at radius 3 is 2.12 bits per heavy atom. The molecule has 3 aromatic carbocycles. The van der Waals surface area contributed by atoms with Gasteiger partial charge in [0.2, 0.25) is 5.91 Å². The Morgan fingerprint density at radius 2 is 1.48 bits per heavy atom. The van der Waals surface area contributed by atoms with Crippen LogP contribution in [0.1, 0.15) is 17.5 Å². The van der Waals surface area contributed by atoms with Gasteiger partial charge >= 0.3 is 0 Å². The van der Waals surface area contributed by atoms with Crippen LogP contribution < -0.4 is 19.1 Å². The summed E-state index contributed by atoms with van der Waals surface area (Å²) in [5.74, 6) is 0.697. The van der Waals surface area contributed by atoms with E-state index in [1.54, 1.807) is 36.4 Å². The maximum atomic E-state index is 13.5. The molecule has 1 aliphatic rings. The molecule has 0 unspecified atom stereocenters. The number of carbonyl (C=O) groups excluding carboxylic acids is 1. The van der Waals surface area contributed by atoms with E-state index in [0.29, 0.717) is 22.9 Å². The van der Waals surface area contributed by atoms with Gasteiger partial charge in [0, 0.05) is 5.69 Å². The first-order valence-corrected chi connectivity index (χ1v) is 12.1. The second kappa shape index (κ2) is 9.54. The number of rotatable bonds is 8. The standard InChI is InChI=1S/C25H26N2O5S/c1-31-22-10-8-21(9-11-22)27(33(29,30)24-14-12-23(32-2)13-15-24)17-25(28)26-20-7-6-18-4-3-5-19(18)16-20/h6-16H,3-5,17H2,1-2H3,(H,26,28). The minimum absolute atomic E-state index is 0.0597. The van der Waals surface area contributed by atoms with Gasteiger partial charge in [-0.25, -0.2) is 8.42 Å². The molecule has 0 radical (unpaired) electrons. The average molecular weight is 467 g/mol. The number of nitrogens with one attached hydrogen (secondary N) is 1. The average Bonchev–Trinajstić information content (AvgIpc) is 3.30. The first kappa shape index (κ1) is 22.7. The van der Waals surface area contributed by atoms with Gasteiger partial charge in [-0.05, 0) is 91.1 Å². The zero-order valence-electron chi connectivity index (χ0n) is 18.6. The third kappa shape index (κ3) is 4.96. The number of hydrogen-bond acceptors (Lipinski definition) is 5. The Morgan fingerprint density at radius 1 is 0.879 bits per heavy atom. The summed E-state index contributed by atoms with van der Waals surface area (Å²) in [5.41, 5.74) is 3.55. The number of methoxy groups -OCH3 is 2. The summed E-state index contributed by atoms with van der Waals surface area (Å²) in [4.78, 5) is 13.0. The maximum absolute atomic E-state index is 13.5. The van der Waals surface area contributed by atoms with Crippen molar-refractivity contribution in [3.05, 3.63) is 77.9 Å². The lowest BCUT2D eigenvalue weighted by atomic mass is 10.1. The van der Waals surface area contributed by atoms with E-state index in [4.69, 9.17) is 9.47 Å². The van der Waals surface area contributed by atoms with E-state index in [1.807, 2.05) is 18.2 Å². The van der Waals surface area contributed by atoms with Crippen molar-refractivity contribution < 1.29 is 22.7 Å². The normalized spacial score (nSPS) is 12.7. The lowest BCUT2D eigenvalue weighted by molar-refractivity contribution is -0.114. The van der Waals surface area contributed by atoms with Crippen molar-refractivity contribution in [1.29, 1.82) is 0 Å². The molecule has 0 fully saturated rings. The second-order valence-corrected chi connectivity index (χ2v) is 9.63. The first-order valence-electron chi connectivity index (χ1n) is 10.6. The summed E-state index contributed by atoms with van der Waals surface area (Å²) in [5, 5.41) is 2.85. The van der Waals surface area contributed by atoms with Crippen molar-refractivity contribution in [2.24, 2.45) is 0 Å². The van der Waals surface area contributed by atoms with Crippen LogP contribution in [0.25, 0.3) is 0 Å². The quantitative estimate of drug-likeness (QED) is 0.542. The number of amides is 1. The number of carbonyl (C=O) groups is 1. The summed E-state index contributed by atoms with van der Waals surface area (Å²) in [6.45, 7) is -0.377. The van der Waals surface area contributed by atoms with E-state index in [-0.39, 0.29) is 11.4 Å². The number of nitrogens with zero attached hydrogens (tertiary/aromatic N) is 1. The van der Waals surface area contributed by atoms with Crippen LogP contribution >= 0.6 is 0 Å². The molecule has 0 heterocycles. The number of benzene rings is 3. The molecule has 7 nitrogen and oxygen atoms in total. The number of aryl methyl sites for hydroxylation is 2. The van der Waals surface area contributed by atoms with Crippen molar-refractivity contribution in [3.63, 3.8) is 0 Å². The first-order chi connectivity index (χ1) is 15.9. The SMILES string of the molecule is COc1ccc(N(CC(=O)Nc2ccc3c(c2)CCC3)S(=O)(=O)c2ccc(OC)cc2)cc1. The van der Waals surface area contributed by atoms with E-state index in [2.05, 4.69) is 5.32 Å². The molecule has 0 bridgehead atoms. The van der Waals surface area contributed by atoms with E-state index in [1.165, 1.54) is 37.5 Å². The van der Waals surface area contributed by atoms with Crippen LogP contribution in [0.15, 0.2) is 71.6 Å². The lowest BCUT2D eigenvalue weighted by Crippen LogP contribution is -2.38. The number of hydrogen-bond donors (Lipinski definition) is 1. The zero-order valence-corrected chi connectivity index (χ0v) is 19.4. The molecule has 33 heavy (non-hydrogen) atoms. The molecule has 8 heteroatoms. The van der Waals surface area contributed by atoms with Crippen molar-refractivity contribution in [2.75, 3.05) is 30.4 Å². The third-order valence-corrected chi connectivity index (χ3v) is 7.47. The van der Waals surface area contributed by atoms with Crippen LogP contribution in [-0.4, -0.2) is 35.1 Å².